The summed E-state index contributed by atoms with van der Waals surface area (Å²) in [6.07, 6.45) is -4.93. The monoisotopic (exact) mass is 230 g/mol. The van der Waals surface area contributed by atoms with Gasteiger partial charge in [-0.05, 0) is 0 Å². The molecule has 0 saturated heterocycles. The maximum atomic E-state index is 11.3. The zero-order valence-corrected chi connectivity index (χ0v) is 6.53. The first kappa shape index (κ1) is 12.5. The van der Waals surface area contributed by atoms with Crippen molar-refractivity contribution in [2.75, 3.05) is 6.61 Å². The fourth-order valence-corrected chi connectivity index (χ4v) is 0.768. The Balaban J connectivity index is 4.06. The highest BCUT2D eigenvalue weighted by Gasteiger charge is 2.32. The lowest BCUT2D eigenvalue weighted by atomic mass is 10.7. The maximum Gasteiger partial charge on any atom is 0.413 e. The first-order valence-corrected chi connectivity index (χ1v) is 3.88. The molecule has 4 nitrogen and oxygen atoms in total. The van der Waals surface area contributed by atoms with Crippen molar-refractivity contribution in [1.82, 2.24) is 0 Å². The number of hydrogen-bond acceptors (Lipinski definition) is 4. The number of rotatable bonds is 4. The van der Waals surface area contributed by atoms with E-state index in [-0.39, 0.29) is 0 Å². The van der Waals surface area contributed by atoms with Crippen LogP contribution >= 0.6 is 0 Å². The third-order valence-electron chi connectivity index (χ3n) is 0.558. The Hall–Kier alpha value is -0.480. The van der Waals surface area contributed by atoms with Gasteiger partial charge in [0.25, 0.3) is 0 Å². The van der Waals surface area contributed by atoms with Crippen molar-refractivity contribution in [1.29, 1.82) is 0 Å². The first-order chi connectivity index (χ1) is 5.62. The van der Waals surface area contributed by atoms with Gasteiger partial charge in [0.05, 0.1) is 0 Å². The second kappa shape index (κ2) is 4.15. The van der Waals surface area contributed by atoms with Crippen molar-refractivity contribution in [3.63, 3.8) is 0 Å². The SMILES string of the molecule is O=S(=O)(OCC(F)(F)F)OC(F)F. The van der Waals surface area contributed by atoms with E-state index in [4.69, 9.17) is 0 Å². The van der Waals surface area contributed by atoms with Crippen molar-refractivity contribution in [2.45, 2.75) is 12.8 Å². The fraction of sp³-hybridized carbons (Fsp3) is 1.00. The van der Waals surface area contributed by atoms with Gasteiger partial charge < -0.3 is 0 Å². The van der Waals surface area contributed by atoms with Gasteiger partial charge in [-0.3, -0.25) is 0 Å². The van der Waals surface area contributed by atoms with Crippen LogP contribution < -0.4 is 0 Å². The molecular formula is C3H3F5O4S. The fourth-order valence-electron chi connectivity index (χ4n) is 0.256. The van der Waals surface area contributed by atoms with E-state index in [0.717, 1.165) is 0 Å². The standard InChI is InChI=1S/C3H3F5O4S/c4-2(5)12-13(9,10)11-1-3(6,7)8/h2H,1H2. The van der Waals surface area contributed by atoms with Crippen LogP contribution in [0.1, 0.15) is 0 Å². The van der Waals surface area contributed by atoms with Gasteiger partial charge >= 0.3 is 23.2 Å². The van der Waals surface area contributed by atoms with Crippen LogP contribution in [0.3, 0.4) is 0 Å². The summed E-state index contributed by atoms with van der Waals surface area (Å²) in [7, 11) is -5.28. The zero-order valence-electron chi connectivity index (χ0n) is 5.72. The topological polar surface area (TPSA) is 52.6 Å². The Labute approximate surface area is 69.6 Å². The molecule has 0 aliphatic heterocycles. The molecule has 0 fully saturated rings. The second-order valence-electron chi connectivity index (χ2n) is 1.64. The van der Waals surface area contributed by atoms with Crippen molar-refractivity contribution in [3.8, 4) is 0 Å². The van der Waals surface area contributed by atoms with Gasteiger partial charge in [-0.25, -0.2) is 4.18 Å². The van der Waals surface area contributed by atoms with Crippen LogP contribution in [0.2, 0.25) is 0 Å². The minimum absolute atomic E-state index is 2.21. The molecule has 0 aliphatic rings. The molecule has 0 radical (unpaired) electrons. The van der Waals surface area contributed by atoms with Crippen molar-refractivity contribution in [2.24, 2.45) is 0 Å². The van der Waals surface area contributed by atoms with Crippen molar-refractivity contribution in [3.05, 3.63) is 0 Å². The van der Waals surface area contributed by atoms with E-state index < -0.39 is 29.8 Å². The Morgan fingerprint density at radius 2 is 1.69 bits per heavy atom. The van der Waals surface area contributed by atoms with Gasteiger partial charge in [0.15, 0.2) is 6.61 Å². The van der Waals surface area contributed by atoms with Crippen LogP contribution in [-0.4, -0.2) is 27.8 Å². The highest BCUT2D eigenvalue weighted by atomic mass is 32.3. The van der Waals surface area contributed by atoms with Gasteiger partial charge in [-0.15, -0.1) is 0 Å². The Bertz CT molecular complexity index is 243. The van der Waals surface area contributed by atoms with Crippen LogP contribution in [-0.2, 0) is 18.8 Å². The van der Waals surface area contributed by atoms with Crippen LogP contribution in [0.25, 0.3) is 0 Å². The number of alkyl halides is 5. The summed E-state index contributed by atoms with van der Waals surface area (Å²) >= 11 is 0. The molecule has 0 atom stereocenters. The summed E-state index contributed by atoms with van der Waals surface area (Å²) in [5.74, 6) is 0. The predicted octanol–water partition coefficient (Wildman–Crippen LogP) is 1.05. The third-order valence-corrected chi connectivity index (χ3v) is 1.35. The summed E-state index contributed by atoms with van der Waals surface area (Å²) < 4.78 is 82.2. The molecule has 0 aromatic heterocycles. The van der Waals surface area contributed by atoms with Crippen LogP contribution in [0.4, 0.5) is 22.0 Å². The zero-order chi connectivity index (χ0) is 10.7. The molecule has 80 valence electrons. The second-order valence-corrected chi connectivity index (χ2v) is 2.89. The summed E-state index contributed by atoms with van der Waals surface area (Å²) in [4.78, 5) is 0. The maximum absolute atomic E-state index is 11.3. The average molecular weight is 230 g/mol. The molecule has 0 aromatic rings. The molecule has 0 saturated carbocycles. The van der Waals surface area contributed by atoms with E-state index in [1.807, 2.05) is 0 Å². The van der Waals surface area contributed by atoms with Gasteiger partial charge in [0.1, 0.15) is 0 Å². The van der Waals surface area contributed by atoms with E-state index >= 15 is 0 Å². The summed E-state index contributed by atoms with van der Waals surface area (Å²) in [5, 5.41) is 0. The normalized spacial score (nSPS) is 13.7. The molecule has 0 unspecified atom stereocenters. The van der Waals surface area contributed by atoms with E-state index in [1.54, 1.807) is 0 Å². The molecular weight excluding hydrogens is 227 g/mol. The number of hydrogen-bond donors (Lipinski definition) is 0. The molecule has 0 amide bonds. The van der Waals surface area contributed by atoms with Crippen molar-refractivity contribution < 1.29 is 38.7 Å². The quantitative estimate of drug-likeness (QED) is 0.677. The molecule has 0 aromatic carbocycles. The summed E-state index contributed by atoms with van der Waals surface area (Å²) in [5.41, 5.74) is 0. The average Bonchev–Trinajstić information content (AvgIpc) is 1.79. The van der Waals surface area contributed by atoms with E-state index in [2.05, 4.69) is 8.37 Å². The molecule has 0 heterocycles. The van der Waals surface area contributed by atoms with Crippen LogP contribution in [0.15, 0.2) is 0 Å². The highest BCUT2D eigenvalue weighted by molar-refractivity contribution is 7.81. The minimum atomic E-state index is -5.28. The van der Waals surface area contributed by atoms with Crippen LogP contribution in [0, 0.1) is 0 Å². The van der Waals surface area contributed by atoms with Gasteiger partial charge in [0, 0.05) is 0 Å². The lowest BCUT2D eigenvalue weighted by Crippen LogP contribution is -2.22. The first-order valence-electron chi connectivity index (χ1n) is 2.55. The Morgan fingerprint density at radius 3 is 2.00 bits per heavy atom. The van der Waals surface area contributed by atoms with Gasteiger partial charge in [-0.2, -0.15) is 34.6 Å². The molecule has 0 N–H and O–H groups in total. The molecule has 0 aliphatic carbocycles. The molecule has 10 heteroatoms. The largest absolute Gasteiger partial charge is 0.413 e. The van der Waals surface area contributed by atoms with Crippen molar-refractivity contribution >= 4 is 10.4 Å². The number of halogens is 5. The van der Waals surface area contributed by atoms with E-state index in [0.29, 0.717) is 0 Å². The Kier molecular flexibility index (Phi) is 4.00. The Morgan fingerprint density at radius 1 is 1.23 bits per heavy atom. The smallest absolute Gasteiger partial charge is 0.238 e. The summed E-state index contributed by atoms with van der Waals surface area (Å²) in [6.45, 7) is -5.96. The van der Waals surface area contributed by atoms with Crippen LogP contribution in [0.5, 0.6) is 0 Å². The molecule has 0 spiro atoms. The lowest BCUT2D eigenvalue weighted by molar-refractivity contribution is -0.157. The van der Waals surface area contributed by atoms with E-state index in [9.17, 15) is 30.4 Å². The summed E-state index contributed by atoms with van der Waals surface area (Å²) in [6, 6.07) is 0. The molecule has 0 bridgehead atoms. The van der Waals surface area contributed by atoms with Gasteiger partial charge in [0.2, 0.25) is 0 Å². The highest BCUT2D eigenvalue weighted by Crippen LogP contribution is 2.16. The molecule has 0 rings (SSSR count). The third kappa shape index (κ3) is 7.87. The predicted molar refractivity (Wildman–Crippen MR) is 28.0 cm³/mol. The minimum Gasteiger partial charge on any atom is -0.238 e. The molecule has 13 heavy (non-hydrogen) atoms. The van der Waals surface area contributed by atoms with Gasteiger partial charge in [-0.1, -0.05) is 0 Å². The van der Waals surface area contributed by atoms with E-state index in [1.165, 1.54) is 0 Å². The lowest BCUT2D eigenvalue weighted by Gasteiger charge is -2.06.